The van der Waals surface area contributed by atoms with Crippen molar-refractivity contribution in [3.05, 3.63) is 58.8 Å². The van der Waals surface area contributed by atoms with Gasteiger partial charge in [0, 0.05) is 29.6 Å². The van der Waals surface area contributed by atoms with Gasteiger partial charge in [0.15, 0.2) is 5.69 Å². The Morgan fingerprint density at radius 3 is 2.43 bits per heavy atom. The maximum atomic E-state index is 13.0. The number of nitrogens with zero attached hydrogens (tertiary/aromatic N) is 4. The van der Waals surface area contributed by atoms with Crippen LogP contribution in [-0.2, 0) is 12.8 Å². The average Bonchev–Trinajstić information content (AvgIpc) is 3.09. The molecule has 0 fully saturated rings. The van der Waals surface area contributed by atoms with Gasteiger partial charge in [-0.05, 0) is 37.9 Å². The summed E-state index contributed by atoms with van der Waals surface area (Å²) < 4.78 is 46.3. The van der Waals surface area contributed by atoms with Crippen LogP contribution in [0.25, 0.3) is 11.4 Å². The Morgan fingerprint density at radius 2 is 1.82 bits per heavy atom. The van der Waals surface area contributed by atoms with Gasteiger partial charge in [-0.15, -0.1) is 0 Å². The minimum absolute atomic E-state index is 0.0944. The number of ether oxygens (including phenoxy) is 1. The molecule has 0 saturated heterocycles. The molecule has 5 nitrogen and oxygen atoms in total. The number of rotatable bonds is 5. The van der Waals surface area contributed by atoms with Crippen LogP contribution >= 0.6 is 11.6 Å². The van der Waals surface area contributed by atoms with Crippen molar-refractivity contribution in [2.24, 2.45) is 0 Å². The van der Waals surface area contributed by atoms with E-state index in [2.05, 4.69) is 15.0 Å². The van der Waals surface area contributed by atoms with Gasteiger partial charge in [-0.2, -0.15) is 18.2 Å². The first-order valence-corrected chi connectivity index (χ1v) is 8.90. The third-order valence-corrected chi connectivity index (χ3v) is 4.24. The first-order chi connectivity index (χ1) is 13.1. The molecule has 0 atom stereocenters. The van der Waals surface area contributed by atoms with Gasteiger partial charge in [0.1, 0.15) is 12.4 Å². The van der Waals surface area contributed by atoms with Crippen LogP contribution < -0.4 is 4.74 Å². The minimum atomic E-state index is -4.49. The number of hydrogen-bond donors (Lipinski definition) is 0. The molecule has 3 rings (SSSR count). The summed E-state index contributed by atoms with van der Waals surface area (Å²) in [5.41, 5.74) is 1.27. The molecular formula is C19H18ClF3N4O. The first-order valence-electron chi connectivity index (χ1n) is 8.52. The fourth-order valence-electron chi connectivity index (χ4n) is 2.59. The van der Waals surface area contributed by atoms with Crippen molar-refractivity contribution in [3.63, 3.8) is 0 Å². The Kier molecular flexibility index (Phi) is 5.60. The van der Waals surface area contributed by atoms with Crippen LogP contribution in [0.3, 0.4) is 0 Å². The molecule has 148 valence electrons. The second-order valence-electron chi connectivity index (χ2n) is 6.56. The molecule has 0 N–H and O–H groups in total. The van der Waals surface area contributed by atoms with Gasteiger partial charge in [-0.1, -0.05) is 24.3 Å². The monoisotopic (exact) mass is 410 g/mol. The molecule has 1 aromatic carbocycles. The lowest BCUT2D eigenvalue weighted by molar-refractivity contribution is -0.140. The summed E-state index contributed by atoms with van der Waals surface area (Å²) >= 11 is 5.77. The SMILES string of the molecule is Cc1cnc(Cl)nc1OCc1ccc(-c2nc(C(F)(F)F)cn2C(C)C)cc1. The third kappa shape index (κ3) is 4.44. The number of hydrogen-bond acceptors (Lipinski definition) is 4. The highest BCUT2D eigenvalue weighted by atomic mass is 35.5. The summed E-state index contributed by atoms with van der Waals surface area (Å²) in [6, 6.07) is 6.84. The van der Waals surface area contributed by atoms with Crippen molar-refractivity contribution in [3.8, 4) is 17.3 Å². The lowest BCUT2D eigenvalue weighted by Crippen LogP contribution is -2.05. The molecule has 3 aromatic rings. The summed E-state index contributed by atoms with van der Waals surface area (Å²) in [4.78, 5) is 11.7. The predicted octanol–water partition coefficient (Wildman–Crippen LogP) is 5.48. The lowest BCUT2D eigenvalue weighted by Gasteiger charge is -2.12. The van der Waals surface area contributed by atoms with Gasteiger partial charge in [-0.25, -0.2) is 9.97 Å². The first kappa shape index (κ1) is 20.1. The quantitative estimate of drug-likeness (QED) is 0.522. The Hall–Kier alpha value is -2.61. The molecule has 9 heteroatoms. The highest BCUT2D eigenvalue weighted by Gasteiger charge is 2.35. The zero-order chi connectivity index (χ0) is 20.5. The molecule has 0 amide bonds. The number of aryl methyl sites for hydroxylation is 1. The second kappa shape index (κ2) is 7.79. The zero-order valence-electron chi connectivity index (χ0n) is 15.5. The van der Waals surface area contributed by atoms with Gasteiger partial charge in [0.25, 0.3) is 0 Å². The van der Waals surface area contributed by atoms with E-state index in [-0.39, 0.29) is 23.8 Å². The molecule has 0 saturated carbocycles. The summed E-state index contributed by atoms with van der Waals surface area (Å²) in [6.07, 6.45) is -1.88. The molecule has 0 aliphatic rings. The largest absolute Gasteiger partial charge is 0.472 e. The van der Waals surface area contributed by atoms with Gasteiger partial charge in [0.2, 0.25) is 11.2 Å². The zero-order valence-corrected chi connectivity index (χ0v) is 16.2. The highest BCUT2D eigenvalue weighted by molar-refractivity contribution is 6.28. The van der Waals surface area contributed by atoms with E-state index in [1.165, 1.54) is 4.57 Å². The van der Waals surface area contributed by atoms with Gasteiger partial charge in [-0.3, -0.25) is 0 Å². The molecule has 2 aromatic heterocycles. The lowest BCUT2D eigenvalue weighted by atomic mass is 10.1. The minimum Gasteiger partial charge on any atom is -0.472 e. The standard InChI is InChI=1S/C19H18ClF3N4O/c1-11(2)27-9-15(19(21,22)23)25-16(27)14-6-4-13(5-7-14)10-28-17-12(3)8-24-18(20)26-17/h4-9,11H,10H2,1-3H3. The number of benzene rings is 1. The van der Waals surface area contributed by atoms with Crippen molar-refractivity contribution >= 4 is 11.6 Å². The predicted molar refractivity (Wildman–Crippen MR) is 99.2 cm³/mol. The van der Waals surface area contributed by atoms with E-state index in [4.69, 9.17) is 16.3 Å². The molecule has 0 aliphatic carbocycles. The van der Waals surface area contributed by atoms with E-state index >= 15 is 0 Å². The van der Waals surface area contributed by atoms with Crippen LogP contribution in [0.4, 0.5) is 13.2 Å². The normalized spacial score (nSPS) is 11.9. The summed E-state index contributed by atoms with van der Waals surface area (Å²) in [5.74, 6) is 0.655. The van der Waals surface area contributed by atoms with E-state index in [1.54, 1.807) is 37.4 Å². The Morgan fingerprint density at radius 1 is 1.14 bits per heavy atom. The maximum Gasteiger partial charge on any atom is 0.434 e. The maximum absolute atomic E-state index is 13.0. The smallest absolute Gasteiger partial charge is 0.434 e. The third-order valence-electron chi connectivity index (χ3n) is 4.06. The molecular weight excluding hydrogens is 393 g/mol. The molecule has 0 spiro atoms. The van der Waals surface area contributed by atoms with Crippen LogP contribution in [0.2, 0.25) is 5.28 Å². The Balaban J connectivity index is 1.81. The molecule has 28 heavy (non-hydrogen) atoms. The summed E-state index contributed by atoms with van der Waals surface area (Å²) in [5, 5.41) is 0.0944. The number of alkyl halides is 3. The van der Waals surface area contributed by atoms with Crippen LogP contribution in [0.1, 0.15) is 36.7 Å². The number of imidazole rings is 1. The Labute approximate surface area is 165 Å². The number of halogens is 4. The van der Waals surface area contributed by atoms with Crippen molar-refractivity contribution < 1.29 is 17.9 Å². The van der Waals surface area contributed by atoms with E-state index in [0.717, 1.165) is 17.3 Å². The Bertz CT molecular complexity index is 968. The average molecular weight is 411 g/mol. The number of aromatic nitrogens is 4. The molecule has 0 radical (unpaired) electrons. The fourth-order valence-corrected chi connectivity index (χ4v) is 2.72. The van der Waals surface area contributed by atoms with E-state index in [9.17, 15) is 13.2 Å². The van der Waals surface area contributed by atoms with Crippen molar-refractivity contribution in [1.82, 2.24) is 19.5 Å². The summed E-state index contributed by atoms with van der Waals surface area (Å²) in [7, 11) is 0. The molecule has 2 heterocycles. The second-order valence-corrected chi connectivity index (χ2v) is 6.90. The molecule has 0 aliphatic heterocycles. The highest BCUT2D eigenvalue weighted by Crippen LogP contribution is 2.32. The van der Waals surface area contributed by atoms with Gasteiger partial charge >= 0.3 is 6.18 Å². The van der Waals surface area contributed by atoms with Crippen molar-refractivity contribution in [1.29, 1.82) is 0 Å². The van der Waals surface area contributed by atoms with Crippen molar-refractivity contribution in [2.45, 2.75) is 39.6 Å². The van der Waals surface area contributed by atoms with Gasteiger partial charge < -0.3 is 9.30 Å². The van der Waals surface area contributed by atoms with Crippen LogP contribution in [0, 0.1) is 6.92 Å². The van der Waals surface area contributed by atoms with E-state index < -0.39 is 11.9 Å². The topological polar surface area (TPSA) is 52.8 Å². The van der Waals surface area contributed by atoms with Crippen LogP contribution in [0.15, 0.2) is 36.7 Å². The fraction of sp³-hybridized carbons (Fsp3) is 0.316. The molecule has 0 unspecified atom stereocenters. The molecule has 0 bridgehead atoms. The van der Waals surface area contributed by atoms with E-state index in [1.807, 2.05) is 13.8 Å². The van der Waals surface area contributed by atoms with Crippen LogP contribution in [0.5, 0.6) is 5.88 Å². The van der Waals surface area contributed by atoms with E-state index in [0.29, 0.717) is 11.4 Å². The van der Waals surface area contributed by atoms with Gasteiger partial charge in [0.05, 0.1) is 0 Å². The summed E-state index contributed by atoms with van der Waals surface area (Å²) in [6.45, 7) is 5.66. The van der Waals surface area contributed by atoms with Crippen LogP contribution in [-0.4, -0.2) is 19.5 Å². The van der Waals surface area contributed by atoms with Crippen molar-refractivity contribution in [2.75, 3.05) is 0 Å².